The highest BCUT2D eigenvalue weighted by Gasteiger charge is 2.20. The van der Waals surface area contributed by atoms with E-state index in [4.69, 9.17) is 5.84 Å². The normalized spacial score (nSPS) is 17.1. The number of anilines is 1. The lowest BCUT2D eigenvalue weighted by molar-refractivity contribution is 0.0764. The van der Waals surface area contributed by atoms with Gasteiger partial charge in [0.1, 0.15) is 0 Å². The van der Waals surface area contributed by atoms with Gasteiger partial charge in [0.25, 0.3) is 5.91 Å². The van der Waals surface area contributed by atoms with E-state index >= 15 is 0 Å². The SMILES string of the molecule is Cc1ccc(C(=O)N2CCCN(C)CC2)c(NN)c1. The fourth-order valence-corrected chi connectivity index (χ4v) is 2.38. The van der Waals surface area contributed by atoms with Gasteiger partial charge in [0.05, 0.1) is 11.3 Å². The number of nitrogens with one attached hydrogen (secondary N) is 1. The third kappa shape index (κ3) is 3.24. The summed E-state index contributed by atoms with van der Waals surface area (Å²) in [6.07, 6.45) is 1.01. The standard InChI is InChI=1S/C14H22N4O/c1-11-4-5-12(13(10-11)16-15)14(19)18-7-3-6-17(2)8-9-18/h4-5,10,16H,3,6-9,15H2,1-2H3. The summed E-state index contributed by atoms with van der Waals surface area (Å²) in [5.74, 6) is 5.57. The molecule has 0 bridgehead atoms. The molecule has 0 radical (unpaired) electrons. The molecule has 0 atom stereocenters. The minimum atomic E-state index is 0.0586. The first kappa shape index (κ1) is 13.8. The molecule has 2 rings (SSSR count). The minimum absolute atomic E-state index is 0.0586. The van der Waals surface area contributed by atoms with Crippen LogP contribution in [-0.4, -0.2) is 48.9 Å². The van der Waals surface area contributed by atoms with E-state index in [0.717, 1.165) is 38.2 Å². The van der Waals surface area contributed by atoms with Gasteiger partial charge in [0.15, 0.2) is 0 Å². The highest BCUT2D eigenvalue weighted by Crippen LogP contribution is 2.19. The van der Waals surface area contributed by atoms with E-state index in [-0.39, 0.29) is 5.91 Å². The van der Waals surface area contributed by atoms with Gasteiger partial charge in [0.2, 0.25) is 0 Å². The fourth-order valence-electron chi connectivity index (χ4n) is 2.38. The van der Waals surface area contributed by atoms with Crippen molar-refractivity contribution in [3.63, 3.8) is 0 Å². The number of benzene rings is 1. The van der Waals surface area contributed by atoms with Crippen molar-refractivity contribution >= 4 is 11.6 Å². The number of amides is 1. The summed E-state index contributed by atoms with van der Waals surface area (Å²) in [5, 5.41) is 0. The summed E-state index contributed by atoms with van der Waals surface area (Å²) < 4.78 is 0. The van der Waals surface area contributed by atoms with Gasteiger partial charge in [-0.2, -0.15) is 0 Å². The molecule has 0 spiro atoms. The van der Waals surface area contributed by atoms with Gasteiger partial charge in [0, 0.05) is 19.6 Å². The van der Waals surface area contributed by atoms with Crippen molar-refractivity contribution in [2.75, 3.05) is 38.7 Å². The quantitative estimate of drug-likeness (QED) is 0.618. The number of hydrazine groups is 1. The lowest BCUT2D eigenvalue weighted by atomic mass is 10.1. The lowest BCUT2D eigenvalue weighted by Crippen LogP contribution is -2.35. The van der Waals surface area contributed by atoms with Crippen molar-refractivity contribution in [1.82, 2.24) is 9.80 Å². The number of nitrogen functional groups attached to an aromatic ring is 1. The van der Waals surface area contributed by atoms with Crippen molar-refractivity contribution in [3.8, 4) is 0 Å². The van der Waals surface area contributed by atoms with E-state index in [1.807, 2.05) is 30.0 Å². The van der Waals surface area contributed by atoms with Crippen LogP contribution in [0.5, 0.6) is 0 Å². The Hall–Kier alpha value is -1.59. The topological polar surface area (TPSA) is 61.6 Å². The van der Waals surface area contributed by atoms with E-state index in [0.29, 0.717) is 11.3 Å². The smallest absolute Gasteiger partial charge is 0.256 e. The van der Waals surface area contributed by atoms with Crippen LogP contribution in [0.1, 0.15) is 22.3 Å². The highest BCUT2D eigenvalue weighted by molar-refractivity contribution is 5.99. The molecule has 1 aliphatic heterocycles. The molecule has 104 valence electrons. The number of rotatable bonds is 2. The average molecular weight is 262 g/mol. The van der Waals surface area contributed by atoms with Gasteiger partial charge in [-0.1, -0.05) is 6.07 Å². The van der Waals surface area contributed by atoms with Crippen LogP contribution in [0.25, 0.3) is 0 Å². The summed E-state index contributed by atoms with van der Waals surface area (Å²) in [4.78, 5) is 16.7. The number of hydrogen-bond donors (Lipinski definition) is 2. The van der Waals surface area contributed by atoms with E-state index in [9.17, 15) is 4.79 Å². The third-order valence-electron chi connectivity index (χ3n) is 3.57. The van der Waals surface area contributed by atoms with Gasteiger partial charge in [-0.25, -0.2) is 0 Å². The molecule has 3 N–H and O–H groups in total. The summed E-state index contributed by atoms with van der Waals surface area (Å²) in [6.45, 7) is 5.52. The minimum Gasteiger partial charge on any atom is -0.337 e. The molecule has 0 aromatic heterocycles. The predicted octanol–water partition coefficient (Wildman–Crippen LogP) is 1.06. The monoisotopic (exact) mass is 262 g/mol. The van der Waals surface area contributed by atoms with Gasteiger partial charge >= 0.3 is 0 Å². The molecular weight excluding hydrogens is 240 g/mol. The summed E-state index contributed by atoms with van der Waals surface area (Å²) >= 11 is 0. The molecule has 1 aromatic rings. The Morgan fingerprint density at radius 2 is 2.05 bits per heavy atom. The Morgan fingerprint density at radius 3 is 2.79 bits per heavy atom. The Bertz CT molecular complexity index is 461. The van der Waals surface area contributed by atoms with Crippen LogP contribution in [0.15, 0.2) is 18.2 Å². The zero-order valence-electron chi connectivity index (χ0n) is 11.6. The summed E-state index contributed by atoms with van der Waals surface area (Å²) in [6, 6.07) is 5.69. The summed E-state index contributed by atoms with van der Waals surface area (Å²) in [7, 11) is 2.09. The number of hydrogen-bond acceptors (Lipinski definition) is 4. The number of aryl methyl sites for hydroxylation is 1. The van der Waals surface area contributed by atoms with Crippen LogP contribution in [-0.2, 0) is 0 Å². The molecule has 0 unspecified atom stereocenters. The maximum Gasteiger partial charge on any atom is 0.256 e. The molecule has 0 saturated carbocycles. The Kier molecular flexibility index (Phi) is 4.39. The Balaban J connectivity index is 2.19. The van der Waals surface area contributed by atoms with Crippen LogP contribution < -0.4 is 11.3 Å². The molecule has 1 aliphatic rings. The second-order valence-electron chi connectivity index (χ2n) is 5.14. The zero-order chi connectivity index (χ0) is 13.8. The first-order valence-corrected chi connectivity index (χ1v) is 6.67. The molecular formula is C14H22N4O. The molecule has 1 fully saturated rings. The number of carbonyl (C=O) groups is 1. The molecule has 0 aliphatic carbocycles. The van der Waals surface area contributed by atoms with Crippen LogP contribution in [0.2, 0.25) is 0 Å². The van der Waals surface area contributed by atoms with E-state index in [1.54, 1.807) is 0 Å². The number of nitrogens with two attached hydrogens (primary N) is 1. The number of likely N-dealkylation sites (N-methyl/N-ethyl adjacent to an activating group) is 1. The molecule has 5 nitrogen and oxygen atoms in total. The molecule has 5 heteroatoms. The van der Waals surface area contributed by atoms with Crippen molar-refractivity contribution in [3.05, 3.63) is 29.3 Å². The maximum atomic E-state index is 12.6. The second kappa shape index (κ2) is 6.04. The third-order valence-corrected chi connectivity index (χ3v) is 3.57. The lowest BCUT2D eigenvalue weighted by Gasteiger charge is -2.22. The largest absolute Gasteiger partial charge is 0.337 e. The molecule has 1 amide bonds. The van der Waals surface area contributed by atoms with E-state index in [1.165, 1.54) is 0 Å². The Labute approximate surface area is 114 Å². The first-order chi connectivity index (χ1) is 9.11. The van der Waals surface area contributed by atoms with E-state index in [2.05, 4.69) is 17.4 Å². The Morgan fingerprint density at radius 1 is 1.26 bits per heavy atom. The molecule has 1 aromatic carbocycles. The first-order valence-electron chi connectivity index (χ1n) is 6.67. The van der Waals surface area contributed by atoms with Gasteiger partial charge < -0.3 is 15.2 Å². The summed E-state index contributed by atoms with van der Waals surface area (Å²) in [5.41, 5.74) is 5.05. The van der Waals surface area contributed by atoms with Gasteiger partial charge in [-0.05, 0) is 44.6 Å². The van der Waals surface area contributed by atoms with Crippen LogP contribution in [0.3, 0.4) is 0 Å². The second-order valence-corrected chi connectivity index (χ2v) is 5.14. The molecule has 1 saturated heterocycles. The highest BCUT2D eigenvalue weighted by atomic mass is 16.2. The van der Waals surface area contributed by atoms with Crippen molar-refractivity contribution in [2.24, 2.45) is 5.84 Å². The molecule has 19 heavy (non-hydrogen) atoms. The van der Waals surface area contributed by atoms with Gasteiger partial charge in [-0.3, -0.25) is 10.6 Å². The fraction of sp³-hybridized carbons (Fsp3) is 0.500. The van der Waals surface area contributed by atoms with Crippen LogP contribution in [0.4, 0.5) is 5.69 Å². The maximum absolute atomic E-state index is 12.6. The molecule has 1 heterocycles. The number of nitrogens with zero attached hydrogens (tertiary/aromatic N) is 2. The van der Waals surface area contributed by atoms with Crippen LogP contribution in [0, 0.1) is 6.92 Å². The van der Waals surface area contributed by atoms with Crippen molar-refractivity contribution < 1.29 is 4.79 Å². The van der Waals surface area contributed by atoms with Gasteiger partial charge in [-0.15, -0.1) is 0 Å². The van der Waals surface area contributed by atoms with Crippen LogP contribution >= 0.6 is 0 Å². The predicted molar refractivity (Wildman–Crippen MR) is 77.0 cm³/mol. The average Bonchev–Trinajstić information content (AvgIpc) is 2.62. The van der Waals surface area contributed by atoms with E-state index < -0.39 is 0 Å². The van der Waals surface area contributed by atoms with Crippen molar-refractivity contribution in [1.29, 1.82) is 0 Å². The zero-order valence-corrected chi connectivity index (χ0v) is 11.6. The van der Waals surface area contributed by atoms with Crippen molar-refractivity contribution in [2.45, 2.75) is 13.3 Å². The number of carbonyl (C=O) groups excluding carboxylic acids is 1.